The fourth-order valence-corrected chi connectivity index (χ4v) is 5.74. The van der Waals surface area contributed by atoms with E-state index in [1.807, 2.05) is 11.6 Å². The highest BCUT2D eigenvalue weighted by atomic mass is 16.2. The van der Waals surface area contributed by atoms with Crippen molar-refractivity contribution in [3.8, 4) is 0 Å². The van der Waals surface area contributed by atoms with Crippen LogP contribution in [0.1, 0.15) is 57.1 Å². The number of fused-ring (bicyclic) bond motifs is 1. The molecule has 41 heavy (non-hydrogen) atoms. The van der Waals surface area contributed by atoms with Crippen LogP contribution in [-0.4, -0.2) is 61.2 Å². The van der Waals surface area contributed by atoms with Crippen LogP contribution in [0.25, 0.3) is 11.2 Å². The third kappa shape index (κ3) is 6.88. The zero-order valence-electron chi connectivity index (χ0n) is 25.6. The van der Waals surface area contributed by atoms with Gasteiger partial charge in [0.25, 0.3) is 5.56 Å². The van der Waals surface area contributed by atoms with Crippen LogP contribution >= 0.6 is 0 Å². The molecule has 2 aromatic carbocycles. The monoisotopic (exact) mass is 558 g/mol. The van der Waals surface area contributed by atoms with Crippen molar-refractivity contribution in [1.29, 1.82) is 0 Å². The summed E-state index contributed by atoms with van der Waals surface area (Å²) < 4.78 is 4.73. The number of likely N-dealkylation sites (N-methyl/N-ethyl adjacent to an activating group) is 2. The molecule has 0 radical (unpaired) electrons. The second kappa shape index (κ2) is 13.9. The molecule has 4 rings (SSSR count). The molecular formula is C33H46N6O2. The molecule has 2 heterocycles. The number of aromatic nitrogens is 4. The molecule has 0 bridgehead atoms. The third-order valence-electron chi connectivity index (χ3n) is 8.03. The summed E-state index contributed by atoms with van der Waals surface area (Å²) in [6.45, 7) is 13.9. The second-order valence-corrected chi connectivity index (χ2v) is 11.3. The molecule has 0 saturated heterocycles. The number of imidazole rings is 1. The van der Waals surface area contributed by atoms with Crippen molar-refractivity contribution in [2.24, 2.45) is 20.0 Å². The molecule has 220 valence electrons. The molecule has 4 aromatic rings. The molecular weight excluding hydrogens is 512 g/mol. The highest BCUT2D eigenvalue weighted by Gasteiger charge is 2.22. The standard InChI is InChI=1S/C33H46N6O2/c1-7-37(22-23-38(8-2)29(26-16-11-9-12-17-26)27-18-13-10-14-19-27)21-15-20-28-34-31-30(35(28)5)32(40)36(6)33(41)39(31)24-25(3)4/h9-14,16-19,25,29H,7-8,15,20-24H2,1-6H3. The SMILES string of the molecule is CCN(CCCc1nc2c(c(=O)n(C)c(=O)n2CC(C)C)n1C)CCN(CC)C(c1ccccc1)c1ccccc1. The number of nitrogens with zero attached hydrogens (tertiary/aromatic N) is 6. The van der Waals surface area contributed by atoms with Gasteiger partial charge < -0.3 is 9.47 Å². The van der Waals surface area contributed by atoms with Gasteiger partial charge in [-0.3, -0.25) is 18.8 Å². The number of benzene rings is 2. The first-order chi connectivity index (χ1) is 19.8. The average molecular weight is 559 g/mol. The van der Waals surface area contributed by atoms with Crippen molar-refractivity contribution in [3.05, 3.63) is 98.5 Å². The maximum absolute atomic E-state index is 13.0. The average Bonchev–Trinajstić information content (AvgIpc) is 3.31. The highest BCUT2D eigenvalue weighted by Crippen LogP contribution is 2.28. The van der Waals surface area contributed by atoms with E-state index in [0.29, 0.717) is 17.7 Å². The van der Waals surface area contributed by atoms with Crippen molar-refractivity contribution in [3.63, 3.8) is 0 Å². The van der Waals surface area contributed by atoms with Crippen molar-refractivity contribution < 1.29 is 0 Å². The van der Waals surface area contributed by atoms with Crippen molar-refractivity contribution >= 4 is 11.2 Å². The lowest BCUT2D eigenvalue weighted by Gasteiger charge is -2.33. The van der Waals surface area contributed by atoms with Crippen LogP contribution < -0.4 is 11.2 Å². The quantitative estimate of drug-likeness (QED) is 0.229. The molecule has 0 N–H and O–H groups in total. The summed E-state index contributed by atoms with van der Waals surface area (Å²) in [4.78, 5) is 35.7. The largest absolute Gasteiger partial charge is 0.332 e. The molecule has 0 amide bonds. The van der Waals surface area contributed by atoms with Crippen LogP contribution in [0.15, 0.2) is 70.3 Å². The first-order valence-electron chi connectivity index (χ1n) is 15.0. The zero-order chi connectivity index (χ0) is 29.5. The van der Waals surface area contributed by atoms with Crippen LogP contribution in [0.2, 0.25) is 0 Å². The highest BCUT2D eigenvalue weighted by molar-refractivity contribution is 5.71. The minimum absolute atomic E-state index is 0.215. The Kier molecular flexibility index (Phi) is 10.3. The molecule has 0 fully saturated rings. The lowest BCUT2D eigenvalue weighted by molar-refractivity contribution is 0.186. The topological polar surface area (TPSA) is 68.3 Å². The Bertz CT molecular complexity index is 1480. The van der Waals surface area contributed by atoms with Gasteiger partial charge >= 0.3 is 5.69 Å². The predicted molar refractivity (Wildman–Crippen MR) is 167 cm³/mol. The molecule has 2 aromatic heterocycles. The summed E-state index contributed by atoms with van der Waals surface area (Å²) in [5.41, 5.74) is 3.04. The molecule has 0 saturated carbocycles. The van der Waals surface area contributed by atoms with Gasteiger partial charge in [0.2, 0.25) is 0 Å². The molecule has 0 atom stereocenters. The van der Waals surface area contributed by atoms with Crippen molar-refractivity contribution in [1.82, 2.24) is 28.5 Å². The predicted octanol–water partition coefficient (Wildman–Crippen LogP) is 4.46. The van der Waals surface area contributed by atoms with E-state index in [4.69, 9.17) is 4.98 Å². The third-order valence-corrected chi connectivity index (χ3v) is 8.03. The maximum atomic E-state index is 13.0. The van der Waals surface area contributed by atoms with E-state index in [9.17, 15) is 9.59 Å². The summed E-state index contributed by atoms with van der Waals surface area (Å²) in [6, 6.07) is 21.8. The summed E-state index contributed by atoms with van der Waals surface area (Å²) in [5, 5.41) is 0. The van der Waals surface area contributed by atoms with Gasteiger partial charge in [0.1, 0.15) is 5.82 Å². The normalized spacial score (nSPS) is 12.0. The molecule has 0 spiro atoms. The second-order valence-electron chi connectivity index (χ2n) is 11.3. The summed E-state index contributed by atoms with van der Waals surface area (Å²) in [6.07, 6.45) is 1.67. The molecule has 0 aliphatic rings. The Labute approximate surface area is 243 Å². The zero-order valence-corrected chi connectivity index (χ0v) is 25.6. The van der Waals surface area contributed by atoms with Crippen LogP contribution in [0.5, 0.6) is 0 Å². The van der Waals surface area contributed by atoms with E-state index in [2.05, 4.69) is 98.2 Å². The Hall–Kier alpha value is -3.49. The molecule has 0 aliphatic carbocycles. The number of hydrogen-bond acceptors (Lipinski definition) is 5. The van der Waals surface area contributed by atoms with E-state index in [1.165, 1.54) is 15.7 Å². The van der Waals surface area contributed by atoms with E-state index < -0.39 is 0 Å². The summed E-state index contributed by atoms with van der Waals surface area (Å²) >= 11 is 0. The van der Waals surface area contributed by atoms with E-state index in [0.717, 1.165) is 51.4 Å². The van der Waals surface area contributed by atoms with Gasteiger partial charge in [-0.05, 0) is 43.1 Å². The number of rotatable bonds is 14. The molecule has 0 unspecified atom stereocenters. The molecule has 0 aliphatic heterocycles. The van der Waals surface area contributed by atoms with Crippen molar-refractivity contribution in [2.45, 2.75) is 53.1 Å². The lowest BCUT2D eigenvalue weighted by Crippen LogP contribution is -2.39. The fraction of sp³-hybridized carbons (Fsp3) is 0.485. The van der Waals surface area contributed by atoms with E-state index in [-0.39, 0.29) is 23.2 Å². The molecule has 8 nitrogen and oxygen atoms in total. The smallest absolute Gasteiger partial charge is 0.325 e. The minimum atomic E-state index is -0.303. The Morgan fingerprint density at radius 3 is 1.95 bits per heavy atom. The lowest BCUT2D eigenvalue weighted by atomic mass is 9.97. The van der Waals surface area contributed by atoms with Gasteiger partial charge in [-0.2, -0.15) is 0 Å². The summed E-state index contributed by atoms with van der Waals surface area (Å²) in [7, 11) is 3.44. The first kappa shape index (κ1) is 30.5. The Morgan fingerprint density at radius 2 is 1.41 bits per heavy atom. The fourth-order valence-electron chi connectivity index (χ4n) is 5.74. The van der Waals surface area contributed by atoms with E-state index >= 15 is 0 Å². The van der Waals surface area contributed by atoms with Crippen LogP contribution in [0, 0.1) is 5.92 Å². The number of hydrogen-bond donors (Lipinski definition) is 0. The van der Waals surface area contributed by atoms with Gasteiger partial charge in [0.15, 0.2) is 11.2 Å². The first-order valence-corrected chi connectivity index (χ1v) is 15.0. The van der Waals surface area contributed by atoms with Gasteiger partial charge in [-0.1, -0.05) is 88.4 Å². The Morgan fingerprint density at radius 1 is 0.805 bits per heavy atom. The number of aryl methyl sites for hydroxylation is 2. The van der Waals surface area contributed by atoms with E-state index in [1.54, 1.807) is 11.6 Å². The molecule has 8 heteroatoms. The van der Waals surface area contributed by atoms with Gasteiger partial charge in [-0.15, -0.1) is 0 Å². The summed E-state index contributed by atoms with van der Waals surface area (Å²) in [5.74, 6) is 1.11. The maximum Gasteiger partial charge on any atom is 0.332 e. The van der Waals surface area contributed by atoms with Gasteiger partial charge in [0, 0.05) is 40.2 Å². The Balaban J connectivity index is 1.46. The van der Waals surface area contributed by atoms with Gasteiger partial charge in [-0.25, -0.2) is 9.78 Å². The van der Waals surface area contributed by atoms with Crippen LogP contribution in [0.4, 0.5) is 0 Å². The minimum Gasteiger partial charge on any atom is -0.325 e. The van der Waals surface area contributed by atoms with Gasteiger partial charge in [0.05, 0.1) is 6.04 Å². The van der Waals surface area contributed by atoms with Crippen LogP contribution in [-0.2, 0) is 27.1 Å². The van der Waals surface area contributed by atoms with Crippen molar-refractivity contribution in [2.75, 3.05) is 32.7 Å². The van der Waals surface area contributed by atoms with Crippen LogP contribution in [0.3, 0.4) is 0 Å².